The molecule has 1 fully saturated rings. The van der Waals surface area contributed by atoms with E-state index in [1.54, 1.807) is 0 Å². The van der Waals surface area contributed by atoms with E-state index in [2.05, 4.69) is 32.8 Å². The number of likely N-dealkylation sites (tertiary alicyclic amines) is 1. The van der Waals surface area contributed by atoms with Gasteiger partial charge in [-0.2, -0.15) is 0 Å². The van der Waals surface area contributed by atoms with Gasteiger partial charge in [-0.05, 0) is 62.8 Å². The number of piperidine rings is 1. The van der Waals surface area contributed by atoms with E-state index in [9.17, 15) is 0 Å². The summed E-state index contributed by atoms with van der Waals surface area (Å²) in [5, 5.41) is 3.35. The number of nitrogens with one attached hydrogen (secondary N) is 1. The maximum absolute atomic E-state index is 6.30. The Balaban J connectivity index is 1.41. The van der Waals surface area contributed by atoms with Crippen LogP contribution in [0.2, 0.25) is 0 Å². The van der Waals surface area contributed by atoms with Crippen LogP contribution in [0.3, 0.4) is 0 Å². The number of amidine groups is 1. The summed E-state index contributed by atoms with van der Waals surface area (Å²) in [4.78, 5) is 11.1. The normalized spacial score (nSPS) is 20.7. The second kappa shape index (κ2) is 9.20. The Morgan fingerprint density at radius 1 is 1.30 bits per heavy atom. The first-order valence-electron chi connectivity index (χ1n) is 10.8. The third kappa shape index (κ3) is 4.58. The standard InChI is InChI=1S/C24H31N5O/c1-17(11-12-19-7-6-13-26-15-19)29-14-4-3-8-20(29)16-30-22-10-5-9-21-23(22)24(25)28-18(2)27-21/h5-7,9-10,13,15,18,20,27H,1,3-4,8,11-12,14,16H2,2H3,(H2,25,28)/t18?,20-/m1/s1. The predicted octanol–water partition coefficient (Wildman–Crippen LogP) is 3.94. The highest BCUT2D eigenvalue weighted by Crippen LogP contribution is 2.31. The molecule has 3 heterocycles. The average molecular weight is 406 g/mol. The highest BCUT2D eigenvalue weighted by atomic mass is 16.5. The fourth-order valence-corrected chi connectivity index (χ4v) is 4.32. The summed E-state index contributed by atoms with van der Waals surface area (Å²) in [6.07, 6.45) is 9.14. The van der Waals surface area contributed by atoms with Gasteiger partial charge in [-0.25, -0.2) is 4.99 Å². The Bertz CT molecular complexity index is 911. The Hall–Kier alpha value is -3.02. The minimum absolute atomic E-state index is 0.0234. The van der Waals surface area contributed by atoms with Gasteiger partial charge in [0.1, 0.15) is 24.4 Å². The van der Waals surface area contributed by atoms with Crippen LogP contribution in [0.15, 0.2) is 60.0 Å². The molecule has 0 radical (unpaired) electrons. The van der Waals surface area contributed by atoms with Crippen LogP contribution >= 0.6 is 0 Å². The average Bonchev–Trinajstić information content (AvgIpc) is 2.76. The molecule has 3 N–H and O–H groups in total. The van der Waals surface area contributed by atoms with Crippen LogP contribution in [0.4, 0.5) is 5.69 Å². The molecule has 6 nitrogen and oxygen atoms in total. The summed E-state index contributed by atoms with van der Waals surface area (Å²) >= 11 is 0. The number of hydrogen-bond donors (Lipinski definition) is 2. The van der Waals surface area contributed by atoms with E-state index in [1.807, 2.05) is 43.6 Å². The van der Waals surface area contributed by atoms with E-state index < -0.39 is 0 Å². The highest BCUT2D eigenvalue weighted by molar-refractivity contribution is 6.06. The number of anilines is 1. The van der Waals surface area contributed by atoms with Gasteiger partial charge in [-0.3, -0.25) is 4.98 Å². The van der Waals surface area contributed by atoms with E-state index in [0.29, 0.717) is 18.5 Å². The van der Waals surface area contributed by atoms with Gasteiger partial charge < -0.3 is 20.7 Å². The topological polar surface area (TPSA) is 75.8 Å². The van der Waals surface area contributed by atoms with Gasteiger partial charge in [0.25, 0.3) is 0 Å². The molecule has 0 amide bonds. The SMILES string of the molecule is C=C(CCc1cccnc1)N1CCCC[C@@H]1COc1cccc2c1C(N)=NC(C)N2. The lowest BCUT2D eigenvalue weighted by Gasteiger charge is -2.39. The largest absolute Gasteiger partial charge is 0.491 e. The number of rotatable bonds is 7. The lowest BCUT2D eigenvalue weighted by molar-refractivity contribution is 0.128. The summed E-state index contributed by atoms with van der Waals surface area (Å²) in [6.45, 7) is 8.03. The Morgan fingerprint density at radius 3 is 3.03 bits per heavy atom. The van der Waals surface area contributed by atoms with Crippen molar-refractivity contribution in [3.63, 3.8) is 0 Å². The number of nitrogens with two attached hydrogens (primary N) is 1. The molecule has 0 bridgehead atoms. The van der Waals surface area contributed by atoms with Crippen molar-refractivity contribution in [1.82, 2.24) is 9.88 Å². The maximum atomic E-state index is 6.30. The molecule has 2 aromatic rings. The van der Waals surface area contributed by atoms with Crippen molar-refractivity contribution in [1.29, 1.82) is 0 Å². The summed E-state index contributed by atoms with van der Waals surface area (Å²) < 4.78 is 6.30. The van der Waals surface area contributed by atoms with Crippen molar-refractivity contribution in [3.8, 4) is 5.75 Å². The van der Waals surface area contributed by atoms with Crippen LogP contribution in [0, 0.1) is 0 Å². The zero-order chi connectivity index (χ0) is 20.9. The lowest BCUT2D eigenvalue weighted by atomic mass is 10.0. The Morgan fingerprint density at radius 2 is 2.20 bits per heavy atom. The molecule has 1 aromatic heterocycles. The number of aromatic nitrogens is 1. The molecule has 6 heteroatoms. The van der Waals surface area contributed by atoms with Gasteiger partial charge in [0.05, 0.1) is 17.3 Å². The molecule has 0 aliphatic carbocycles. The van der Waals surface area contributed by atoms with Crippen molar-refractivity contribution in [2.45, 2.75) is 51.2 Å². The molecule has 0 saturated carbocycles. The molecule has 1 unspecified atom stereocenters. The van der Waals surface area contributed by atoms with Gasteiger partial charge in [-0.15, -0.1) is 0 Å². The van der Waals surface area contributed by atoms with Gasteiger partial charge in [0, 0.05) is 24.6 Å². The van der Waals surface area contributed by atoms with Crippen LogP contribution in [-0.4, -0.2) is 41.1 Å². The molecule has 30 heavy (non-hydrogen) atoms. The molecular weight excluding hydrogens is 374 g/mol. The number of ether oxygens (including phenoxy) is 1. The number of benzene rings is 1. The summed E-state index contributed by atoms with van der Waals surface area (Å²) in [5.74, 6) is 1.33. The Labute approximate surface area is 178 Å². The number of aliphatic imine (C=N–C) groups is 1. The number of hydrogen-bond acceptors (Lipinski definition) is 6. The molecule has 2 aliphatic rings. The van der Waals surface area contributed by atoms with Crippen molar-refractivity contribution in [2.75, 3.05) is 18.5 Å². The van der Waals surface area contributed by atoms with Crippen LogP contribution in [0.25, 0.3) is 0 Å². The molecule has 1 saturated heterocycles. The van der Waals surface area contributed by atoms with Gasteiger partial charge in [0.2, 0.25) is 0 Å². The highest BCUT2D eigenvalue weighted by Gasteiger charge is 2.25. The first kappa shape index (κ1) is 20.3. The molecule has 2 atom stereocenters. The monoisotopic (exact) mass is 405 g/mol. The van der Waals surface area contributed by atoms with E-state index in [-0.39, 0.29) is 6.17 Å². The lowest BCUT2D eigenvalue weighted by Crippen LogP contribution is -2.42. The van der Waals surface area contributed by atoms with Crippen LogP contribution in [0.1, 0.15) is 43.7 Å². The number of aryl methyl sites for hydroxylation is 1. The van der Waals surface area contributed by atoms with E-state index in [4.69, 9.17) is 10.5 Å². The van der Waals surface area contributed by atoms with Crippen LogP contribution < -0.4 is 15.8 Å². The van der Waals surface area contributed by atoms with Gasteiger partial charge in [0.15, 0.2) is 0 Å². The number of allylic oxidation sites excluding steroid dienone is 1. The quantitative estimate of drug-likeness (QED) is 0.730. The predicted molar refractivity (Wildman–Crippen MR) is 122 cm³/mol. The number of nitrogens with zero attached hydrogens (tertiary/aromatic N) is 3. The Kier molecular flexibility index (Phi) is 6.21. The van der Waals surface area contributed by atoms with Crippen LogP contribution in [0.5, 0.6) is 5.75 Å². The maximum Gasteiger partial charge on any atom is 0.133 e. The fraction of sp³-hybridized carbons (Fsp3) is 0.417. The third-order valence-electron chi connectivity index (χ3n) is 5.87. The third-order valence-corrected chi connectivity index (χ3v) is 5.87. The first-order chi connectivity index (χ1) is 14.6. The summed E-state index contributed by atoms with van der Waals surface area (Å²) in [7, 11) is 0. The fourth-order valence-electron chi connectivity index (χ4n) is 4.32. The van der Waals surface area contributed by atoms with Gasteiger partial charge in [-0.1, -0.05) is 18.7 Å². The summed E-state index contributed by atoms with van der Waals surface area (Å²) in [6, 6.07) is 10.4. The summed E-state index contributed by atoms with van der Waals surface area (Å²) in [5.41, 5.74) is 10.5. The van der Waals surface area contributed by atoms with E-state index in [0.717, 1.165) is 42.8 Å². The minimum Gasteiger partial charge on any atom is -0.491 e. The van der Waals surface area contributed by atoms with Crippen molar-refractivity contribution < 1.29 is 4.74 Å². The van der Waals surface area contributed by atoms with Crippen molar-refractivity contribution in [2.24, 2.45) is 10.7 Å². The molecule has 0 spiro atoms. The zero-order valence-corrected chi connectivity index (χ0v) is 17.7. The second-order valence-electron chi connectivity index (χ2n) is 8.09. The molecule has 1 aromatic carbocycles. The smallest absolute Gasteiger partial charge is 0.133 e. The van der Waals surface area contributed by atoms with Gasteiger partial charge >= 0.3 is 0 Å². The second-order valence-corrected chi connectivity index (χ2v) is 8.09. The molecule has 158 valence electrons. The zero-order valence-electron chi connectivity index (χ0n) is 17.7. The number of fused-ring (bicyclic) bond motifs is 1. The van der Waals surface area contributed by atoms with Crippen molar-refractivity contribution in [3.05, 3.63) is 66.1 Å². The minimum atomic E-state index is -0.0234. The molecule has 2 aliphatic heterocycles. The van der Waals surface area contributed by atoms with Crippen LogP contribution in [-0.2, 0) is 6.42 Å². The van der Waals surface area contributed by atoms with E-state index in [1.165, 1.54) is 24.1 Å². The first-order valence-corrected chi connectivity index (χ1v) is 10.8. The molecule has 4 rings (SSSR count). The molecular formula is C24H31N5O. The number of pyridine rings is 1. The van der Waals surface area contributed by atoms with E-state index >= 15 is 0 Å². The van der Waals surface area contributed by atoms with Crippen molar-refractivity contribution >= 4 is 11.5 Å².